The molecular weight excluding hydrogens is 248 g/mol. The summed E-state index contributed by atoms with van der Waals surface area (Å²) in [5, 5.41) is 3.08. The molecule has 0 spiro atoms. The van der Waals surface area contributed by atoms with E-state index >= 15 is 0 Å². The van der Waals surface area contributed by atoms with E-state index < -0.39 is 0 Å². The Hall–Kier alpha value is -1.87. The standard InChI is InChI=1S/C17H22N2O/c1-12-7-13(2)17(14(3)8-12)11-20-16-6-5-15(9-18-4)19-10-16/h5-8,10,18H,9,11H2,1-4H3. The lowest BCUT2D eigenvalue weighted by Crippen LogP contribution is -2.07. The van der Waals surface area contributed by atoms with Gasteiger partial charge in [0.1, 0.15) is 12.4 Å². The van der Waals surface area contributed by atoms with E-state index in [9.17, 15) is 0 Å². The average Bonchev–Trinajstić information content (AvgIpc) is 2.39. The van der Waals surface area contributed by atoms with Crippen LogP contribution in [0.1, 0.15) is 27.9 Å². The van der Waals surface area contributed by atoms with E-state index in [0.717, 1.165) is 18.0 Å². The van der Waals surface area contributed by atoms with Crippen LogP contribution in [0.5, 0.6) is 5.75 Å². The fourth-order valence-electron chi connectivity index (χ4n) is 2.38. The zero-order valence-electron chi connectivity index (χ0n) is 12.7. The summed E-state index contributed by atoms with van der Waals surface area (Å²) in [5.74, 6) is 0.809. The first-order chi connectivity index (χ1) is 9.60. The van der Waals surface area contributed by atoms with Crippen LogP contribution in [0, 0.1) is 20.8 Å². The van der Waals surface area contributed by atoms with Crippen LogP contribution in [0.2, 0.25) is 0 Å². The Kier molecular flexibility index (Phi) is 4.74. The van der Waals surface area contributed by atoms with E-state index in [1.165, 1.54) is 22.3 Å². The maximum Gasteiger partial charge on any atom is 0.138 e. The van der Waals surface area contributed by atoms with Gasteiger partial charge in [-0.1, -0.05) is 17.7 Å². The summed E-state index contributed by atoms with van der Waals surface area (Å²) in [4.78, 5) is 4.35. The number of aryl methyl sites for hydroxylation is 3. The fraction of sp³-hybridized carbons (Fsp3) is 0.353. The van der Waals surface area contributed by atoms with Gasteiger partial charge in [0.2, 0.25) is 0 Å². The van der Waals surface area contributed by atoms with E-state index in [0.29, 0.717) is 6.61 Å². The minimum atomic E-state index is 0.588. The SMILES string of the molecule is CNCc1ccc(OCc2c(C)cc(C)cc2C)cn1. The molecule has 0 saturated heterocycles. The lowest BCUT2D eigenvalue weighted by molar-refractivity contribution is 0.303. The van der Waals surface area contributed by atoms with Crippen molar-refractivity contribution in [2.45, 2.75) is 33.9 Å². The van der Waals surface area contributed by atoms with E-state index in [1.807, 2.05) is 19.2 Å². The molecule has 0 bridgehead atoms. The number of rotatable bonds is 5. The van der Waals surface area contributed by atoms with E-state index in [1.54, 1.807) is 6.20 Å². The highest BCUT2D eigenvalue weighted by atomic mass is 16.5. The third kappa shape index (κ3) is 3.58. The highest BCUT2D eigenvalue weighted by Crippen LogP contribution is 2.19. The van der Waals surface area contributed by atoms with Crippen molar-refractivity contribution in [3.05, 3.63) is 58.4 Å². The normalized spacial score (nSPS) is 10.6. The van der Waals surface area contributed by atoms with Gasteiger partial charge >= 0.3 is 0 Å². The smallest absolute Gasteiger partial charge is 0.138 e. The first-order valence-corrected chi connectivity index (χ1v) is 6.89. The largest absolute Gasteiger partial charge is 0.487 e. The number of benzene rings is 1. The van der Waals surface area contributed by atoms with Crippen LogP contribution in [-0.4, -0.2) is 12.0 Å². The third-order valence-corrected chi connectivity index (χ3v) is 3.38. The monoisotopic (exact) mass is 270 g/mol. The molecule has 0 fully saturated rings. The summed E-state index contributed by atoms with van der Waals surface area (Å²) in [5.41, 5.74) is 6.13. The molecular formula is C17H22N2O. The van der Waals surface area contributed by atoms with Crippen LogP contribution < -0.4 is 10.1 Å². The summed E-state index contributed by atoms with van der Waals surface area (Å²) >= 11 is 0. The van der Waals surface area contributed by atoms with Crippen LogP contribution in [0.25, 0.3) is 0 Å². The lowest BCUT2D eigenvalue weighted by Gasteiger charge is -2.12. The molecule has 0 aliphatic rings. The van der Waals surface area contributed by atoms with Crippen molar-refractivity contribution in [1.29, 1.82) is 0 Å². The minimum absolute atomic E-state index is 0.588. The van der Waals surface area contributed by atoms with Gasteiger partial charge in [-0.05, 0) is 56.6 Å². The molecule has 1 aromatic heterocycles. The molecule has 3 nitrogen and oxygen atoms in total. The molecule has 2 aromatic rings. The van der Waals surface area contributed by atoms with Gasteiger partial charge in [0.25, 0.3) is 0 Å². The van der Waals surface area contributed by atoms with Crippen molar-refractivity contribution in [2.24, 2.45) is 0 Å². The number of pyridine rings is 1. The summed E-state index contributed by atoms with van der Waals surface area (Å²) in [7, 11) is 1.91. The highest BCUT2D eigenvalue weighted by Gasteiger charge is 2.05. The van der Waals surface area contributed by atoms with Crippen molar-refractivity contribution in [3.8, 4) is 5.75 Å². The third-order valence-electron chi connectivity index (χ3n) is 3.38. The molecule has 0 radical (unpaired) electrons. The summed E-state index contributed by atoms with van der Waals surface area (Å²) in [6.45, 7) is 7.75. The van der Waals surface area contributed by atoms with E-state index in [2.05, 4.69) is 43.2 Å². The number of hydrogen-bond acceptors (Lipinski definition) is 3. The van der Waals surface area contributed by atoms with Crippen molar-refractivity contribution in [3.63, 3.8) is 0 Å². The number of hydrogen-bond donors (Lipinski definition) is 1. The molecule has 0 aliphatic heterocycles. The molecule has 0 aliphatic carbocycles. The predicted molar refractivity (Wildman–Crippen MR) is 82.0 cm³/mol. The number of ether oxygens (including phenoxy) is 1. The molecule has 1 aromatic carbocycles. The van der Waals surface area contributed by atoms with Crippen LogP contribution in [0.15, 0.2) is 30.5 Å². The Morgan fingerprint density at radius 3 is 2.35 bits per heavy atom. The van der Waals surface area contributed by atoms with Crippen LogP contribution in [0.3, 0.4) is 0 Å². The summed E-state index contributed by atoms with van der Waals surface area (Å²) in [6, 6.07) is 8.35. The maximum atomic E-state index is 5.84. The summed E-state index contributed by atoms with van der Waals surface area (Å²) < 4.78 is 5.84. The van der Waals surface area contributed by atoms with Crippen molar-refractivity contribution < 1.29 is 4.74 Å². The first-order valence-electron chi connectivity index (χ1n) is 6.89. The maximum absolute atomic E-state index is 5.84. The van der Waals surface area contributed by atoms with Crippen molar-refractivity contribution in [2.75, 3.05) is 7.05 Å². The minimum Gasteiger partial charge on any atom is -0.487 e. The van der Waals surface area contributed by atoms with Gasteiger partial charge in [0.15, 0.2) is 0 Å². The molecule has 0 unspecified atom stereocenters. The van der Waals surface area contributed by atoms with Crippen molar-refractivity contribution in [1.82, 2.24) is 10.3 Å². The van der Waals surface area contributed by atoms with E-state index in [-0.39, 0.29) is 0 Å². The molecule has 106 valence electrons. The molecule has 2 rings (SSSR count). The zero-order chi connectivity index (χ0) is 14.5. The van der Waals surface area contributed by atoms with Gasteiger partial charge in [0, 0.05) is 6.54 Å². The zero-order valence-corrected chi connectivity index (χ0v) is 12.7. The van der Waals surface area contributed by atoms with Gasteiger partial charge in [-0.3, -0.25) is 4.98 Å². The van der Waals surface area contributed by atoms with Crippen molar-refractivity contribution >= 4 is 0 Å². The first kappa shape index (κ1) is 14.5. The van der Waals surface area contributed by atoms with Crippen LogP contribution >= 0.6 is 0 Å². The molecule has 1 N–H and O–H groups in total. The number of aromatic nitrogens is 1. The predicted octanol–water partition coefficient (Wildman–Crippen LogP) is 3.31. The average molecular weight is 270 g/mol. The molecule has 0 saturated carbocycles. The van der Waals surface area contributed by atoms with Gasteiger partial charge in [-0.25, -0.2) is 0 Å². The Bertz CT molecular complexity index is 553. The quantitative estimate of drug-likeness (QED) is 0.905. The van der Waals surface area contributed by atoms with Gasteiger partial charge < -0.3 is 10.1 Å². The van der Waals surface area contributed by atoms with Crippen LogP contribution in [-0.2, 0) is 13.2 Å². The second-order valence-electron chi connectivity index (χ2n) is 5.18. The molecule has 0 atom stereocenters. The van der Waals surface area contributed by atoms with Crippen LogP contribution in [0.4, 0.5) is 0 Å². The van der Waals surface area contributed by atoms with Gasteiger partial charge in [-0.2, -0.15) is 0 Å². The van der Waals surface area contributed by atoms with Gasteiger partial charge in [-0.15, -0.1) is 0 Å². The Balaban J connectivity index is 2.05. The Morgan fingerprint density at radius 2 is 1.80 bits per heavy atom. The highest BCUT2D eigenvalue weighted by molar-refractivity contribution is 5.37. The molecule has 3 heteroatoms. The summed E-state index contributed by atoms with van der Waals surface area (Å²) in [6.07, 6.45) is 1.78. The molecule has 1 heterocycles. The fourth-order valence-corrected chi connectivity index (χ4v) is 2.38. The number of nitrogens with one attached hydrogen (secondary N) is 1. The second-order valence-corrected chi connectivity index (χ2v) is 5.18. The molecule has 20 heavy (non-hydrogen) atoms. The van der Waals surface area contributed by atoms with E-state index in [4.69, 9.17) is 4.74 Å². The number of nitrogens with zero attached hydrogens (tertiary/aromatic N) is 1. The Morgan fingerprint density at radius 1 is 1.10 bits per heavy atom. The lowest BCUT2D eigenvalue weighted by atomic mass is 10.0. The molecule has 0 amide bonds. The Labute approximate surface area is 121 Å². The second kappa shape index (κ2) is 6.53. The van der Waals surface area contributed by atoms with Gasteiger partial charge in [0.05, 0.1) is 11.9 Å². The topological polar surface area (TPSA) is 34.1 Å².